The normalized spacial score (nSPS) is 12.2. The molecule has 1 unspecified atom stereocenters. The maximum Gasteiger partial charge on any atom is 0.122 e. The molecule has 1 aromatic rings. The predicted octanol–water partition coefficient (Wildman–Crippen LogP) is 3.17. The van der Waals surface area contributed by atoms with Crippen molar-refractivity contribution < 1.29 is 4.74 Å². The highest BCUT2D eigenvalue weighted by atomic mass is 32.1. The molecule has 1 rings (SSSR count). The molecule has 0 spiro atoms. The van der Waals surface area contributed by atoms with Crippen LogP contribution in [0.2, 0.25) is 0 Å². The van der Waals surface area contributed by atoms with Gasteiger partial charge >= 0.3 is 0 Å². The number of thiocarbonyl (C=S) groups is 1. The Bertz CT molecular complexity index is 415. The third-order valence-electron chi connectivity index (χ3n) is 3.19. The largest absolute Gasteiger partial charge is 0.496 e. The van der Waals surface area contributed by atoms with Gasteiger partial charge in [-0.1, -0.05) is 25.2 Å². The average molecular weight is 251 g/mol. The van der Waals surface area contributed by atoms with Gasteiger partial charge in [0.25, 0.3) is 0 Å². The number of methoxy groups -OCH3 is 1. The molecule has 94 valence electrons. The van der Waals surface area contributed by atoms with Crippen LogP contribution in [0.3, 0.4) is 0 Å². The van der Waals surface area contributed by atoms with Gasteiger partial charge in [0, 0.05) is 6.42 Å². The van der Waals surface area contributed by atoms with Gasteiger partial charge < -0.3 is 10.5 Å². The van der Waals surface area contributed by atoms with E-state index in [0.29, 0.717) is 10.9 Å². The molecule has 0 aromatic heterocycles. The minimum Gasteiger partial charge on any atom is -0.496 e. The van der Waals surface area contributed by atoms with Crippen molar-refractivity contribution >= 4 is 17.2 Å². The Hall–Kier alpha value is -1.09. The predicted molar refractivity (Wildman–Crippen MR) is 76.7 cm³/mol. The summed E-state index contributed by atoms with van der Waals surface area (Å²) >= 11 is 4.94. The van der Waals surface area contributed by atoms with Crippen molar-refractivity contribution in [1.82, 2.24) is 0 Å². The van der Waals surface area contributed by atoms with Crippen LogP contribution in [0.25, 0.3) is 0 Å². The molecule has 0 saturated heterocycles. The van der Waals surface area contributed by atoms with Crippen molar-refractivity contribution in [2.45, 2.75) is 33.6 Å². The first-order valence-corrected chi connectivity index (χ1v) is 6.28. The van der Waals surface area contributed by atoms with Crippen LogP contribution in [0.15, 0.2) is 12.1 Å². The quantitative estimate of drug-likeness (QED) is 0.816. The standard InChI is InChI=1S/C14H21NOS/c1-9(8-14(15)17)7-12-5-6-13(16-4)11(3)10(12)2/h5-6,9H,7-8H2,1-4H3,(H2,15,17). The molecular weight excluding hydrogens is 230 g/mol. The van der Waals surface area contributed by atoms with Crippen LogP contribution in [0.1, 0.15) is 30.0 Å². The van der Waals surface area contributed by atoms with Gasteiger partial charge in [-0.25, -0.2) is 0 Å². The van der Waals surface area contributed by atoms with Crippen LogP contribution in [-0.2, 0) is 6.42 Å². The summed E-state index contributed by atoms with van der Waals surface area (Å²) in [6, 6.07) is 4.17. The van der Waals surface area contributed by atoms with Crippen LogP contribution in [0, 0.1) is 19.8 Å². The van der Waals surface area contributed by atoms with Gasteiger partial charge in [-0.2, -0.15) is 0 Å². The molecule has 1 aromatic carbocycles. The topological polar surface area (TPSA) is 35.2 Å². The molecule has 17 heavy (non-hydrogen) atoms. The molecule has 0 aliphatic heterocycles. The minimum atomic E-state index is 0.485. The van der Waals surface area contributed by atoms with Crippen LogP contribution >= 0.6 is 12.2 Å². The van der Waals surface area contributed by atoms with E-state index in [0.717, 1.165) is 18.6 Å². The molecule has 0 aliphatic carbocycles. The van der Waals surface area contributed by atoms with Crippen LogP contribution < -0.4 is 10.5 Å². The number of nitrogens with two attached hydrogens (primary N) is 1. The highest BCUT2D eigenvalue weighted by Crippen LogP contribution is 2.26. The summed E-state index contributed by atoms with van der Waals surface area (Å²) in [5.74, 6) is 1.44. The summed E-state index contributed by atoms with van der Waals surface area (Å²) in [4.78, 5) is 0.598. The van der Waals surface area contributed by atoms with Gasteiger partial charge in [-0.3, -0.25) is 0 Å². The molecule has 0 aliphatic rings. The monoisotopic (exact) mass is 251 g/mol. The average Bonchev–Trinajstić information content (AvgIpc) is 2.24. The third-order valence-corrected chi connectivity index (χ3v) is 3.35. The van der Waals surface area contributed by atoms with Crippen LogP contribution in [0.5, 0.6) is 5.75 Å². The minimum absolute atomic E-state index is 0.485. The van der Waals surface area contributed by atoms with Crippen molar-refractivity contribution in [3.63, 3.8) is 0 Å². The summed E-state index contributed by atoms with van der Waals surface area (Å²) in [6.07, 6.45) is 1.81. The maximum absolute atomic E-state index is 5.57. The lowest BCUT2D eigenvalue weighted by molar-refractivity contribution is 0.411. The van der Waals surface area contributed by atoms with Crippen molar-refractivity contribution in [3.8, 4) is 5.75 Å². The van der Waals surface area contributed by atoms with Gasteiger partial charge in [0.15, 0.2) is 0 Å². The van der Waals surface area contributed by atoms with E-state index < -0.39 is 0 Å². The fourth-order valence-corrected chi connectivity index (χ4v) is 2.37. The summed E-state index contributed by atoms with van der Waals surface area (Å²) in [7, 11) is 1.71. The Labute approximate surface area is 109 Å². The summed E-state index contributed by atoms with van der Waals surface area (Å²) in [5.41, 5.74) is 9.45. The molecule has 3 heteroatoms. The summed E-state index contributed by atoms with van der Waals surface area (Å²) < 4.78 is 5.31. The summed E-state index contributed by atoms with van der Waals surface area (Å²) in [5, 5.41) is 0. The van der Waals surface area contributed by atoms with Gasteiger partial charge in [0.05, 0.1) is 12.1 Å². The van der Waals surface area contributed by atoms with Crippen LogP contribution in [0.4, 0.5) is 0 Å². The Morgan fingerprint density at radius 3 is 2.53 bits per heavy atom. The van der Waals surface area contributed by atoms with Crippen molar-refractivity contribution in [2.75, 3.05) is 7.11 Å². The first-order valence-electron chi connectivity index (χ1n) is 5.87. The second-order valence-electron chi connectivity index (χ2n) is 4.66. The molecule has 0 saturated carbocycles. The first-order chi connectivity index (χ1) is 7.95. The second-order valence-corrected chi connectivity index (χ2v) is 5.18. The highest BCUT2D eigenvalue weighted by molar-refractivity contribution is 7.80. The van der Waals surface area contributed by atoms with Gasteiger partial charge in [-0.05, 0) is 48.9 Å². The number of rotatable bonds is 5. The molecule has 0 amide bonds. The Morgan fingerprint density at radius 1 is 1.35 bits per heavy atom. The molecule has 0 fully saturated rings. The number of benzene rings is 1. The second kappa shape index (κ2) is 6.01. The number of hydrogen-bond acceptors (Lipinski definition) is 2. The van der Waals surface area contributed by atoms with Crippen molar-refractivity contribution in [2.24, 2.45) is 11.7 Å². The Kier molecular flexibility index (Phi) is 4.94. The Balaban J connectivity index is 2.85. The molecule has 0 bridgehead atoms. The molecule has 2 N–H and O–H groups in total. The molecule has 0 radical (unpaired) electrons. The van der Waals surface area contributed by atoms with E-state index in [-0.39, 0.29) is 0 Å². The van der Waals surface area contributed by atoms with E-state index in [1.54, 1.807) is 7.11 Å². The summed E-state index contributed by atoms with van der Waals surface area (Å²) in [6.45, 7) is 6.41. The number of ether oxygens (including phenoxy) is 1. The van der Waals surface area contributed by atoms with E-state index in [2.05, 4.69) is 26.8 Å². The lowest BCUT2D eigenvalue weighted by Crippen LogP contribution is -2.14. The zero-order chi connectivity index (χ0) is 13.0. The first kappa shape index (κ1) is 14.0. The Morgan fingerprint density at radius 2 is 2.00 bits per heavy atom. The molecule has 2 nitrogen and oxygen atoms in total. The molecule has 1 atom stereocenters. The van der Waals surface area contributed by atoms with Gasteiger partial charge in [-0.15, -0.1) is 0 Å². The van der Waals surface area contributed by atoms with E-state index in [4.69, 9.17) is 22.7 Å². The molecular formula is C14H21NOS. The van der Waals surface area contributed by atoms with Crippen LogP contribution in [-0.4, -0.2) is 12.1 Å². The zero-order valence-corrected chi connectivity index (χ0v) is 11.9. The van der Waals surface area contributed by atoms with E-state index in [1.165, 1.54) is 16.7 Å². The lowest BCUT2D eigenvalue weighted by Gasteiger charge is -2.16. The third kappa shape index (κ3) is 3.70. The smallest absolute Gasteiger partial charge is 0.122 e. The zero-order valence-electron chi connectivity index (χ0n) is 11.0. The SMILES string of the molecule is COc1ccc(CC(C)CC(N)=S)c(C)c1C. The lowest BCUT2D eigenvalue weighted by atomic mass is 9.93. The van der Waals surface area contributed by atoms with Gasteiger partial charge in [0.1, 0.15) is 5.75 Å². The number of hydrogen-bond donors (Lipinski definition) is 1. The van der Waals surface area contributed by atoms with E-state index >= 15 is 0 Å². The van der Waals surface area contributed by atoms with Crippen molar-refractivity contribution in [1.29, 1.82) is 0 Å². The highest BCUT2D eigenvalue weighted by Gasteiger charge is 2.10. The van der Waals surface area contributed by atoms with Gasteiger partial charge in [0.2, 0.25) is 0 Å². The van der Waals surface area contributed by atoms with Crippen molar-refractivity contribution in [3.05, 3.63) is 28.8 Å². The fraction of sp³-hybridized carbons (Fsp3) is 0.500. The van der Waals surface area contributed by atoms with E-state index in [9.17, 15) is 0 Å². The maximum atomic E-state index is 5.57. The molecule has 0 heterocycles. The fourth-order valence-electron chi connectivity index (χ4n) is 2.09. The van der Waals surface area contributed by atoms with E-state index in [1.807, 2.05) is 6.07 Å².